The Morgan fingerprint density at radius 1 is 1.75 bits per heavy atom. The highest BCUT2D eigenvalue weighted by molar-refractivity contribution is 4.94. The van der Waals surface area contributed by atoms with Gasteiger partial charge in [0.25, 0.3) is 0 Å². The lowest BCUT2D eigenvalue weighted by Gasteiger charge is -2.26. The summed E-state index contributed by atoms with van der Waals surface area (Å²) in [7, 11) is 1.61. The fraction of sp³-hybridized carbons (Fsp3) is 1.00. The van der Waals surface area contributed by atoms with Gasteiger partial charge in [0.15, 0.2) is 0 Å². The van der Waals surface area contributed by atoms with Crippen molar-refractivity contribution < 1.29 is 9.13 Å². The Labute approximate surface area is 73.3 Å². The van der Waals surface area contributed by atoms with Crippen molar-refractivity contribution in [3.63, 3.8) is 0 Å². The van der Waals surface area contributed by atoms with E-state index in [1.165, 1.54) is 0 Å². The van der Waals surface area contributed by atoms with Crippen LogP contribution in [0.15, 0.2) is 0 Å². The minimum Gasteiger partial charge on any atom is -0.384 e. The van der Waals surface area contributed by atoms with Crippen LogP contribution in [-0.4, -0.2) is 25.4 Å². The van der Waals surface area contributed by atoms with Crippen molar-refractivity contribution in [2.24, 2.45) is 11.7 Å². The van der Waals surface area contributed by atoms with Crippen LogP contribution in [0.4, 0.5) is 4.39 Å². The van der Waals surface area contributed by atoms with Crippen LogP contribution in [0.25, 0.3) is 0 Å². The lowest BCUT2D eigenvalue weighted by molar-refractivity contribution is 0.0372. The molecule has 72 valence electrons. The molecule has 0 spiro atoms. The third-order valence-electron chi connectivity index (χ3n) is 2.83. The van der Waals surface area contributed by atoms with Gasteiger partial charge in [-0.15, -0.1) is 0 Å². The maximum Gasteiger partial charge on any atom is 0.117 e. The third kappa shape index (κ3) is 1.96. The van der Waals surface area contributed by atoms with Crippen molar-refractivity contribution in [2.75, 3.05) is 13.7 Å². The number of rotatable bonds is 3. The second-order valence-electron chi connectivity index (χ2n) is 3.89. The first kappa shape index (κ1) is 9.93. The van der Waals surface area contributed by atoms with Gasteiger partial charge in [0, 0.05) is 19.1 Å². The standard InChI is InChI=1S/C9H18FNO/c1-7(6-12-2)9(10)4-3-8(11)5-9/h7-8H,3-6,11H2,1-2H3. The molecule has 0 radical (unpaired) electrons. The van der Waals surface area contributed by atoms with Gasteiger partial charge in [0.05, 0.1) is 6.61 Å². The summed E-state index contributed by atoms with van der Waals surface area (Å²) in [5.74, 6) is -0.0314. The van der Waals surface area contributed by atoms with E-state index in [2.05, 4.69) is 0 Å². The van der Waals surface area contributed by atoms with Crippen LogP contribution in [0, 0.1) is 5.92 Å². The molecule has 0 bridgehead atoms. The Bertz CT molecular complexity index is 153. The van der Waals surface area contributed by atoms with E-state index in [9.17, 15) is 4.39 Å². The first-order valence-corrected chi connectivity index (χ1v) is 4.52. The maximum absolute atomic E-state index is 14.0. The summed E-state index contributed by atoms with van der Waals surface area (Å²) in [6.07, 6.45) is 1.90. The second-order valence-corrected chi connectivity index (χ2v) is 3.89. The minimum absolute atomic E-state index is 0.0314. The van der Waals surface area contributed by atoms with Crippen molar-refractivity contribution in [1.29, 1.82) is 0 Å². The number of hydrogen-bond acceptors (Lipinski definition) is 2. The molecular formula is C9H18FNO. The van der Waals surface area contributed by atoms with Gasteiger partial charge in [-0.3, -0.25) is 0 Å². The first-order valence-electron chi connectivity index (χ1n) is 4.52. The molecule has 1 aliphatic carbocycles. The predicted octanol–water partition coefficient (Wildman–Crippen LogP) is 1.49. The van der Waals surface area contributed by atoms with Crippen molar-refractivity contribution in [1.82, 2.24) is 0 Å². The molecular weight excluding hydrogens is 157 g/mol. The number of hydrogen-bond donors (Lipinski definition) is 1. The highest BCUT2D eigenvalue weighted by Gasteiger charge is 2.42. The van der Waals surface area contributed by atoms with Crippen molar-refractivity contribution in [3.8, 4) is 0 Å². The Kier molecular flexibility index (Phi) is 3.07. The molecule has 0 aliphatic heterocycles. The highest BCUT2D eigenvalue weighted by atomic mass is 19.1. The van der Waals surface area contributed by atoms with Crippen LogP contribution >= 0.6 is 0 Å². The second kappa shape index (κ2) is 3.71. The molecule has 12 heavy (non-hydrogen) atoms. The Morgan fingerprint density at radius 3 is 2.83 bits per heavy atom. The fourth-order valence-corrected chi connectivity index (χ4v) is 1.91. The van der Waals surface area contributed by atoms with Gasteiger partial charge in [-0.05, 0) is 19.3 Å². The molecule has 1 rings (SSSR count). The number of nitrogens with two attached hydrogens (primary N) is 1. The quantitative estimate of drug-likeness (QED) is 0.705. The van der Waals surface area contributed by atoms with E-state index >= 15 is 0 Å². The van der Waals surface area contributed by atoms with Crippen LogP contribution in [0.5, 0.6) is 0 Å². The van der Waals surface area contributed by atoms with Gasteiger partial charge < -0.3 is 10.5 Å². The highest BCUT2D eigenvalue weighted by Crippen LogP contribution is 2.38. The smallest absolute Gasteiger partial charge is 0.117 e. The molecule has 0 aromatic heterocycles. The van der Waals surface area contributed by atoms with Crippen LogP contribution in [0.2, 0.25) is 0 Å². The maximum atomic E-state index is 14.0. The molecule has 2 N–H and O–H groups in total. The normalized spacial score (nSPS) is 38.5. The molecule has 3 heteroatoms. The van der Waals surface area contributed by atoms with Crippen LogP contribution < -0.4 is 5.73 Å². The Morgan fingerprint density at radius 2 is 2.42 bits per heavy atom. The average molecular weight is 175 g/mol. The van der Waals surface area contributed by atoms with Crippen LogP contribution in [-0.2, 0) is 4.74 Å². The number of methoxy groups -OCH3 is 1. The Balaban J connectivity index is 2.48. The number of alkyl halides is 1. The van der Waals surface area contributed by atoms with Gasteiger partial charge >= 0.3 is 0 Å². The lowest BCUT2D eigenvalue weighted by Crippen LogP contribution is -2.33. The Hall–Kier alpha value is -0.150. The summed E-state index contributed by atoms with van der Waals surface area (Å²) < 4.78 is 18.9. The van der Waals surface area contributed by atoms with E-state index in [-0.39, 0.29) is 12.0 Å². The first-order chi connectivity index (χ1) is 5.58. The average Bonchev–Trinajstić information content (AvgIpc) is 2.33. The van der Waals surface area contributed by atoms with Crippen molar-refractivity contribution in [3.05, 3.63) is 0 Å². The third-order valence-corrected chi connectivity index (χ3v) is 2.83. The zero-order valence-corrected chi connectivity index (χ0v) is 7.85. The van der Waals surface area contributed by atoms with Gasteiger partial charge in [0.1, 0.15) is 5.67 Å². The number of ether oxygens (including phenoxy) is 1. The van der Waals surface area contributed by atoms with Crippen molar-refractivity contribution in [2.45, 2.75) is 37.9 Å². The van der Waals surface area contributed by atoms with E-state index in [1.54, 1.807) is 7.11 Å². The molecule has 1 fully saturated rings. The molecule has 0 saturated heterocycles. The van der Waals surface area contributed by atoms with Gasteiger partial charge in [-0.1, -0.05) is 6.92 Å². The molecule has 1 saturated carbocycles. The van der Waals surface area contributed by atoms with E-state index in [1.807, 2.05) is 6.92 Å². The van der Waals surface area contributed by atoms with E-state index in [0.717, 1.165) is 6.42 Å². The summed E-state index contributed by atoms with van der Waals surface area (Å²) in [6, 6.07) is 0.0503. The SMILES string of the molecule is COCC(C)C1(F)CCC(N)C1. The molecule has 2 nitrogen and oxygen atoms in total. The summed E-state index contributed by atoms with van der Waals surface area (Å²) in [5.41, 5.74) is 4.59. The summed E-state index contributed by atoms with van der Waals surface area (Å²) >= 11 is 0. The van der Waals surface area contributed by atoms with Gasteiger partial charge in [-0.2, -0.15) is 0 Å². The molecule has 1 aliphatic rings. The molecule has 0 aromatic carbocycles. The van der Waals surface area contributed by atoms with Crippen molar-refractivity contribution >= 4 is 0 Å². The van der Waals surface area contributed by atoms with Crippen LogP contribution in [0.1, 0.15) is 26.2 Å². The zero-order valence-electron chi connectivity index (χ0n) is 7.85. The van der Waals surface area contributed by atoms with Crippen LogP contribution in [0.3, 0.4) is 0 Å². The molecule has 3 atom stereocenters. The summed E-state index contributed by atoms with van der Waals surface area (Å²) in [6.45, 7) is 2.38. The summed E-state index contributed by atoms with van der Waals surface area (Å²) in [4.78, 5) is 0. The van der Waals surface area contributed by atoms with Gasteiger partial charge in [-0.25, -0.2) is 4.39 Å². The minimum atomic E-state index is -1.07. The van der Waals surface area contributed by atoms with E-state index in [0.29, 0.717) is 19.4 Å². The molecule has 0 heterocycles. The van der Waals surface area contributed by atoms with Gasteiger partial charge in [0.2, 0.25) is 0 Å². The fourth-order valence-electron chi connectivity index (χ4n) is 1.91. The monoisotopic (exact) mass is 175 g/mol. The lowest BCUT2D eigenvalue weighted by atomic mass is 9.89. The number of halogens is 1. The summed E-state index contributed by atoms with van der Waals surface area (Å²) in [5, 5.41) is 0. The zero-order chi connectivity index (χ0) is 9.19. The molecule has 0 aromatic rings. The molecule has 3 unspecified atom stereocenters. The van der Waals surface area contributed by atoms with E-state index < -0.39 is 5.67 Å². The largest absolute Gasteiger partial charge is 0.384 e. The van der Waals surface area contributed by atoms with E-state index in [4.69, 9.17) is 10.5 Å². The molecule has 0 amide bonds. The topological polar surface area (TPSA) is 35.2 Å². The predicted molar refractivity (Wildman–Crippen MR) is 46.7 cm³/mol.